The van der Waals surface area contributed by atoms with Crippen molar-refractivity contribution in [3.05, 3.63) is 53.6 Å². The van der Waals surface area contributed by atoms with Crippen molar-refractivity contribution in [3.8, 4) is 0 Å². The highest BCUT2D eigenvalue weighted by atomic mass is 16.2. The molecule has 4 nitrogen and oxygen atoms in total. The van der Waals surface area contributed by atoms with E-state index in [4.69, 9.17) is 0 Å². The molecule has 3 rings (SSSR count). The molecule has 1 aliphatic heterocycles. The van der Waals surface area contributed by atoms with E-state index in [1.807, 2.05) is 22.6 Å². The van der Waals surface area contributed by atoms with Gasteiger partial charge in [0.1, 0.15) is 5.82 Å². The standard InChI is InChI=1S/C19H25N3O/c1-15-5-3-6-17(13-15)18-7-4-10-22(14-18)19(23)8-11-21-12-9-20-16(21)2/h3,5-6,9,12-13,18H,4,7-8,10-11,14H2,1-2H3/t18-/m0/s1. The quantitative estimate of drug-likeness (QED) is 0.869. The first-order chi connectivity index (χ1) is 11.1. The van der Waals surface area contributed by atoms with Crippen LogP contribution in [-0.4, -0.2) is 33.4 Å². The van der Waals surface area contributed by atoms with E-state index in [1.165, 1.54) is 17.5 Å². The third kappa shape index (κ3) is 3.81. The van der Waals surface area contributed by atoms with E-state index in [2.05, 4.69) is 36.2 Å². The summed E-state index contributed by atoms with van der Waals surface area (Å²) in [4.78, 5) is 18.8. The Labute approximate surface area is 138 Å². The largest absolute Gasteiger partial charge is 0.342 e. The van der Waals surface area contributed by atoms with Crippen LogP contribution >= 0.6 is 0 Å². The normalized spacial score (nSPS) is 18.2. The molecule has 122 valence electrons. The number of carbonyl (C=O) groups is 1. The SMILES string of the molecule is Cc1cccc([C@H]2CCCN(C(=O)CCn3ccnc3C)C2)c1. The molecule has 1 fully saturated rings. The molecule has 0 unspecified atom stereocenters. The lowest BCUT2D eigenvalue weighted by Crippen LogP contribution is -2.39. The Morgan fingerprint density at radius 2 is 2.22 bits per heavy atom. The Kier molecular flexibility index (Phi) is 4.79. The molecule has 1 aliphatic rings. The van der Waals surface area contributed by atoms with E-state index in [0.29, 0.717) is 12.3 Å². The molecule has 2 heterocycles. The van der Waals surface area contributed by atoms with Crippen molar-refractivity contribution in [2.45, 2.75) is 45.6 Å². The van der Waals surface area contributed by atoms with E-state index in [0.717, 1.165) is 31.9 Å². The molecule has 1 aromatic carbocycles. The Hall–Kier alpha value is -2.10. The van der Waals surface area contributed by atoms with Gasteiger partial charge < -0.3 is 9.47 Å². The molecule has 1 amide bonds. The van der Waals surface area contributed by atoms with Crippen LogP contribution < -0.4 is 0 Å². The second kappa shape index (κ2) is 6.99. The molecule has 0 saturated carbocycles. The highest BCUT2D eigenvalue weighted by Crippen LogP contribution is 2.27. The first-order valence-electron chi connectivity index (χ1n) is 8.45. The fraction of sp³-hybridized carbons (Fsp3) is 0.474. The number of aromatic nitrogens is 2. The van der Waals surface area contributed by atoms with Gasteiger partial charge in [0.25, 0.3) is 0 Å². The van der Waals surface area contributed by atoms with Gasteiger partial charge in [-0.2, -0.15) is 0 Å². The number of piperidine rings is 1. The number of amides is 1. The molecule has 23 heavy (non-hydrogen) atoms. The van der Waals surface area contributed by atoms with Crippen LogP contribution in [0.2, 0.25) is 0 Å². The van der Waals surface area contributed by atoms with Crippen LogP contribution in [0.5, 0.6) is 0 Å². The van der Waals surface area contributed by atoms with Gasteiger partial charge in [0.05, 0.1) is 0 Å². The van der Waals surface area contributed by atoms with Gasteiger partial charge in [-0.3, -0.25) is 4.79 Å². The van der Waals surface area contributed by atoms with Gasteiger partial charge in [0.2, 0.25) is 5.91 Å². The highest BCUT2D eigenvalue weighted by Gasteiger charge is 2.24. The van der Waals surface area contributed by atoms with Crippen LogP contribution in [0.3, 0.4) is 0 Å². The van der Waals surface area contributed by atoms with E-state index in [-0.39, 0.29) is 5.91 Å². The molecule has 1 aromatic heterocycles. The van der Waals surface area contributed by atoms with Crippen molar-refractivity contribution in [2.75, 3.05) is 13.1 Å². The maximum Gasteiger partial charge on any atom is 0.224 e. The summed E-state index contributed by atoms with van der Waals surface area (Å²) >= 11 is 0. The van der Waals surface area contributed by atoms with Crippen LogP contribution in [0.25, 0.3) is 0 Å². The van der Waals surface area contributed by atoms with Crippen LogP contribution in [0.1, 0.15) is 42.1 Å². The summed E-state index contributed by atoms with van der Waals surface area (Å²) in [7, 11) is 0. The lowest BCUT2D eigenvalue weighted by molar-refractivity contribution is -0.132. The van der Waals surface area contributed by atoms with Crippen molar-refractivity contribution in [1.82, 2.24) is 14.5 Å². The third-order valence-electron chi connectivity index (χ3n) is 4.78. The summed E-state index contributed by atoms with van der Waals surface area (Å²) in [5.74, 6) is 1.70. The Morgan fingerprint density at radius 3 is 2.96 bits per heavy atom. The summed E-state index contributed by atoms with van der Waals surface area (Å²) < 4.78 is 2.04. The van der Waals surface area contributed by atoms with Gasteiger partial charge in [-0.1, -0.05) is 29.8 Å². The minimum absolute atomic E-state index is 0.260. The molecule has 0 bridgehead atoms. The molecular weight excluding hydrogens is 286 g/mol. The maximum absolute atomic E-state index is 12.5. The number of hydrogen-bond acceptors (Lipinski definition) is 2. The van der Waals surface area contributed by atoms with Crippen molar-refractivity contribution in [3.63, 3.8) is 0 Å². The number of aryl methyl sites for hydroxylation is 3. The topological polar surface area (TPSA) is 38.1 Å². The molecule has 0 spiro atoms. The maximum atomic E-state index is 12.5. The summed E-state index contributed by atoms with van der Waals surface area (Å²) in [6, 6.07) is 8.70. The van der Waals surface area contributed by atoms with E-state index < -0.39 is 0 Å². The van der Waals surface area contributed by atoms with E-state index >= 15 is 0 Å². The summed E-state index contributed by atoms with van der Waals surface area (Å²) in [6.45, 7) is 6.56. The average Bonchev–Trinajstić information content (AvgIpc) is 2.98. The van der Waals surface area contributed by atoms with Crippen LogP contribution in [0, 0.1) is 13.8 Å². The van der Waals surface area contributed by atoms with Crippen molar-refractivity contribution in [2.24, 2.45) is 0 Å². The Bertz CT molecular complexity index is 677. The van der Waals surface area contributed by atoms with Gasteiger partial charge in [0, 0.05) is 44.4 Å². The van der Waals surface area contributed by atoms with Gasteiger partial charge in [-0.25, -0.2) is 4.98 Å². The average molecular weight is 311 g/mol. The Morgan fingerprint density at radius 1 is 1.35 bits per heavy atom. The lowest BCUT2D eigenvalue weighted by atomic mass is 9.89. The van der Waals surface area contributed by atoms with Crippen molar-refractivity contribution >= 4 is 5.91 Å². The van der Waals surface area contributed by atoms with Gasteiger partial charge in [-0.05, 0) is 32.3 Å². The lowest BCUT2D eigenvalue weighted by Gasteiger charge is -2.33. The zero-order chi connectivity index (χ0) is 16.2. The number of benzene rings is 1. The number of imidazole rings is 1. The fourth-order valence-electron chi connectivity index (χ4n) is 3.41. The number of hydrogen-bond donors (Lipinski definition) is 0. The number of rotatable bonds is 4. The predicted molar refractivity (Wildman–Crippen MR) is 91.3 cm³/mol. The second-order valence-corrected chi connectivity index (χ2v) is 6.51. The molecular formula is C19H25N3O. The fourth-order valence-corrected chi connectivity index (χ4v) is 3.41. The minimum Gasteiger partial charge on any atom is -0.342 e. The van der Waals surface area contributed by atoms with Gasteiger partial charge in [0.15, 0.2) is 0 Å². The zero-order valence-electron chi connectivity index (χ0n) is 14.0. The van der Waals surface area contributed by atoms with Crippen LogP contribution in [0.4, 0.5) is 0 Å². The third-order valence-corrected chi connectivity index (χ3v) is 4.78. The molecule has 2 aromatic rings. The second-order valence-electron chi connectivity index (χ2n) is 6.51. The number of carbonyl (C=O) groups excluding carboxylic acids is 1. The summed E-state index contributed by atoms with van der Waals surface area (Å²) in [6.07, 6.45) is 6.54. The van der Waals surface area contributed by atoms with Gasteiger partial charge in [-0.15, -0.1) is 0 Å². The Balaban J connectivity index is 1.59. The van der Waals surface area contributed by atoms with E-state index in [1.54, 1.807) is 6.20 Å². The van der Waals surface area contributed by atoms with E-state index in [9.17, 15) is 4.79 Å². The van der Waals surface area contributed by atoms with Crippen molar-refractivity contribution in [1.29, 1.82) is 0 Å². The summed E-state index contributed by atoms with van der Waals surface area (Å²) in [5, 5.41) is 0. The van der Waals surface area contributed by atoms with Crippen molar-refractivity contribution < 1.29 is 4.79 Å². The first-order valence-corrected chi connectivity index (χ1v) is 8.45. The smallest absolute Gasteiger partial charge is 0.224 e. The molecule has 4 heteroatoms. The monoisotopic (exact) mass is 311 g/mol. The zero-order valence-corrected chi connectivity index (χ0v) is 14.0. The van der Waals surface area contributed by atoms with Crippen LogP contribution in [0.15, 0.2) is 36.7 Å². The first kappa shape index (κ1) is 15.8. The predicted octanol–water partition coefficient (Wildman–Crippen LogP) is 3.30. The minimum atomic E-state index is 0.260. The number of nitrogens with zero attached hydrogens (tertiary/aromatic N) is 3. The molecule has 0 radical (unpaired) electrons. The van der Waals surface area contributed by atoms with Gasteiger partial charge >= 0.3 is 0 Å². The highest BCUT2D eigenvalue weighted by molar-refractivity contribution is 5.76. The summed E-state index contributed by atoms with van der Waals surface area (Å²) in [5.41, 5.74) is 2.66. The molecule has 1 atom stereocenters. The molecule has 1 saturated heterocycles. The molecule has 0 aliphatic carbocycles. The molecule has 0 N–H and O–H groups in total. The van der Waals surface area contributed by atoms with Crippen LogP contribution in [-0.2, 0) is 11.3 Å². The number of likely N-dealkylation sites (tertiary alicyclic amines) is 1.